The molecule has 1 aromatic heterocycles. The average Bonchev–Trinajstić information content (AvgIpc) is 2.64. The van der Waals surface area contributed by atoms with Crippen LogP contribution in [0.15, 0.2) is 36.7 Å². The van der Waals surface area contributed by atoms with E-state index in [4.69, 9.17) is 0 Å². The van der Waals surface area contributed by atoms with Gasteiger partial charge in [-0.2, -0.15) is 13.2 Å². The van der Waals surface area contributed by atoms with Crippen molar-refractivity contribution in [1.29, 1.82) is 0 Å². The smallest absolute Gasteiger partial charge is 0.285 e. The molecule has 0 spiro atoms. The zero-order valence-corrected chi connectivity index (χ0v) is 8.15. The minimum absolute atomic E-state index is 0.112. The van der Waals surface area contributed by atoms with Crippen LogP contribution in [0.25, 0.3) is 5.69 Å². The molecule has 6 heteroatoms. The maximum absolute atomic E-state index is 12.2. The molecule has 0 N–H and O–H groups in total. The van der Waals surface area contributed by atoms with Crippen molar-refractivity contribution in [3.05, 3.63) is 42.5 Å². The highest BCUT2D eigenvalue weighted by Crippen LogP contribution is 2.21. The van der Waals surface area contributed by atoms with Gasteiger partial charge in [0.2, 0.25) is 0 Å². The number of aromatic nitrogens is 3. The van der Waals surface area contributed by atoms with Crippen LogP contribution in [0.4, 0.5) is 13.2 Å². The molecule has 16 heavy (non-hydrogen) atoms. The molecule has 0 radical (unpaired) electrons. The fourth-order valence-corrected chi connectivity index (χ4v) is 1.36. The SMILES string of the molecule is FC(F)(F)Cc1nncn1-c1ccccc1. The molecule has 0 bridgehead atoms. The van der Waals surface area contributed by atoms with Crippen LogP contribution in [-0.2, 0) is 6.42 Å². The van der Waals surface area contributed by atoms with E-state index in [0.717, 1.165) is 0 Å². The molecule has 3 nitrogen and oxygen atoms in total. The second-order valence-corrected chi connectivity index (χ2v) is 3.24. The molecule has 1 aromatic carbocycles. The highest BCUT2D eigenvalue weighted by Gasteiger charge is 2.30. The maximum atomic E-state index is 12.2. The summed E-state index contributed by atoms with van der Waals surface area (Å²) in [6, 6.07) is 8.67. The van der Waals surface area contributed by atoms with E-state index >= 15 is 0 Å². The molecule has 84 valence electrons. The van der Waals surface area contributed by atoms with Crippen molar-refractivity contribution in [1.82, 2.24) is 14.8 Å². The van der Waals surface area contributed by atoms with Gasteiger partial charge >= 0.3 is 6.18 Å². The van der Waals surface area contributed by atoms with Crippen LogP contribution in [-0.4, -0.2) is 20.9 Å². The van der Waals surface area contributed by atoms with Gasteiger partial charge in [-0.3, -0.25) is 4.57 Å². The zero-order valence-electron chi connectivity index (χ0n) is 8.15. The van der Waals surface area contributed by atoms with E-state index in [-0.39, 0.29) is 5.82 Å². The van der Waals surface area contributed by atoms with Crippen molar-refractivity contribution in [3.8, 4) is 5.69 Å². The molecular formula is C10H8F3N3. The van der Waals surface area contributed by atoms with Gasteiger partial charge in [0.25, 0.3) is 0 Å². The molecule has 2 rings (SSSR count). The predicted octanol–water partition coefficient (Wildman–Crippen LogP) is 2.37. The van der Waals surface area contributed by atoms with Crippen LogP contribution < -0.4 is 0 Å². The van der Waals surface area contributed by atoms with Crippen LogP contribution in [0, 0.1) is 0 Å². The molecule has 0 aliphatic heterocycles. The standard InChI is InChI=1S/C10H8F3N3/c11-10(12,13)6-9-15-14-7-16(9)8-4-2-1-3-5-8/h1-5,7H,6H2. The molecule has 0 atom stereocenters. The number of halogens is 3. The molecule has 0 unspecified atom stereocenters. The minimum atomic E-state index is -4.28. The lowest BCUT2D eigenvalue weighted by atomic mass is 10.3. The third-order valence-electron chi connectivity index (χ3n) is 2.01. The number of hydrogen-bond donors (Lipinski definition) is 0. The Hall–Kier alpha value is -1.85. The molecule has 0 saturated heterocycles. The lowest BCUT2D eigenvalue weighted by molar-refractivity contribution is -0.128. The normalized spacial score (nSPS) is 11.7. The van der Waals surface area contributed by atoms with Crippen molar-refractivity contribution in [3.63, 3.8) is 0 Å². The predicted molar refractivity (Wildman–Crippen MR) is 51.1 cm³/mol. The van der Waals surface area contributed by atoms with Gasteiger partial charge in [-0.15, -0.1) is 10.2 Å². The van der Waals surface area contributed by atoms with E-state index in [9.17, 15) is 13.2 Å². The first-order chi connectivity index (χ1) is 7.56. The van der Waals surface area contributed by atoms with Gasteiger partial charge in [-0.25, -0.2) is 0 Å². The number of hydrogen-bond acceptors (Lipinski definition) is 2. The first-order valence-corrected chi connectivity index (χ1v) is 4.57. The Morgan fingerprint density at radius 1 is 1.12 bits per heavy atom. The van der Waals surface area contributed by atoms with Crippen LogP contribution in [0.2, 0.25) is 0 Å². The molecule has 0 aliphatic carbocycles. The summed E-state index contributed by atoms with van der Waals surface area (Å²) in [5, 5.41) is 6.97. The van der Waals surface area contributed by atoms with Gasteiger partial charge in [-0.05, 0) is 12.1 Å². The Morgan fingerprint density at radius 3 is 2.44 bits per heavy atom. The third-order valence-corrected chi connectivity index (χ3v) is 2.01. The van der Waals surface area contributed by atoms with Gasteiger partial charge in [0.05, 0.1) is 0 Å². The Balaban J connectivity index is 2.33. The summed E-state index contributed by atoms with van der Waals surface area (Å²) in [7, 11) is 0. The number of nitrogens with zero attached hydrogens (tertiary/aromatic N) is 3. The number of para-hydroxylation sites is 1. The van der Waals surface area contributed by atoms with Crippen LogP contribution >= 0.6 is 0 Å². The molecule has 0 fully saturated rings. The highest BCUT2D eigenvalue weighted by atomic mass is 19.4. The monoisotopic (exact) mass is 227 g/mol. The highest BCUT2D eigenvalue weighted by molar-refractivity contribution is 5.32. The van der Waals surface area contributed by atoms with Crippen molar-refractivity contribution in [2.24, 2.45) is 0 Å². The Labute approximate surface area is 89.5 Å². The molecule has 0 amide bonds. The lowest BCUT2D eigenvalue weighted by Crippen LogP contribution is -2.15. The van der Waals surface area contributed by atoms with E-state index < -0.39 is 12.6 Å². The number of rotatable bonds is 2. The second-order valence-electron chi connectivity index (χ2n) is 3.24. The van der Waals surface area contributed by atoms with E-state index in [2.05, 4.69) is 10.2 Å². The summed E-state index contributed by atoms with van der Waals surface area (Å²) in [5.74, 6) is -0.112. The van der Waals surface area contributed by atoms with Crippen molar-refractivity contribution in [2.45, 2.75) is 12.6 Å². The Kier molecular flexibility index (Phi) is 2.64. The summed E-state index contributed by atoms with van der Waals surface area (Å²) in [6.07, 6.45) is -4.09. The summed E-state index contributed by atoms with van der Waals surface area (Å²) < 4.78 is 38.0. The van der Waals surface area contributed by atoms with E-state index in [0.29, 0.717) is 5.69 Å². The summed E-state index contributed by atoms with van der Waals surface area (Å²) in [4.78, 5) is 0. The second kappa shape index (κ2) is 3.96. The van der Waals surface area contributed by atoms with Crippen molar-refractivity contribution in [2.75, 3.05) is 0 Å². The molecule has 2 aromatic rings. The summed E-state index contributed by atoms with van der Waals surface area (Å²) >= 11 is 0. The van der Waals surface area contributed by atoms with Gasteiger partial charge in [0.15, 0.2) is 0 Å². The first kappa shape index (κ1) is 10.7. The number of alkyl halides is 3. The van der Waals surface area contributed by atoms with E-state index in [1.165, 1.54) is 10.9 Å². The summed E-state index contributed by atoms with van der Waals surface area (Å²) in [6.45, 7) is 0. The zero-order chi connectivity index (χ0) is 11.6. The lowest BCUT2D eigenvalue weighted by Gasteiger charge is -2.08. The average molecular weight is 227 g/mol. The fraction of sp³-hybridized carbons (Fsp3) is 0.200. The fourth-order valence-electron chi connectivity index (χ4n) is 1.36. The van der Waals surface area contributed by atoms with Gasteiger partial charge in [0.1, 0.15) is 18.6 Å². The largest absolute Gasteiger partial charge is 0.396 e. The van der Waals surface area contributed by atoms with E-state index in [1.807, 2.05) is 0 Å². The summed E-state index contributed by atoms with van der Waals surface area (Å²) in [5.41, 5.74) is 0.617. The van der Waals surface area contributed by atoms with Crippen LogP contribution in [0.5, 0.6) is 0 Å². The molecule has 0 aliphatic rings. The Morgan fingerprint density at radius 2 is 1.81 bits per heavy atom. The van der Waals surface area contributed by atoms with Gasteiger partial charge in [-0.1, -0.05) is 18.2 Å². The first-order valence-electron chi connectivity index (χ1n) is 4.57. The quantitative estimate of drug-likeness (QED) is 0.788. The third kappa shape index (κ3) is 2.39. The topological polar surface area (TPSA) is 30.7 Å². The molecular weight excluding hydrogens is 219 g/mol. The minimum Gasteiger partial charge on any atom is -0.285 e. The Bertz CT molecular complexity index is 462. The number of benzene rings is 1. The van der Waals surface area contributed by atoms with E-state index in [1.54, 1.807) is 30.3 Å². The molecule has 0 saturated carbocycles. The molecule has 1 heterocycles. The van der Waals surface area contributed by atoms with Gasteiger partial charge < -0.3 is 0 Å². The van der Waals surface area contributed by atoms with Crippen molar-refractivity contribution < 1.29 is 13.2 Å². The van der Waals surface area contributed by atoms with Crippen LogP contribution in [0.3, 0.4) is 0 Å². The van der Waals surface area contributed by atoms with Gasteiger partial charge in [0, 0.05) is 5.69 Å². The maximum Gasteiger partial charge on any atom is 0.396 e. The van der Waals surface area contributed by atoms with Crippen LogP contribution in [0.1, 0.15) is 5.82 Å². The van der Waals surface area contributed by atoms with Crippen molar-refractivity contribution >= 4 is 0 Å².